The lowest BCUT2D eigenvalue weighted by Crippen LogP contribution is -2.19. The number of rotatable bonds is 3. The van der Waals surface area contributed by atoms with Gasteiger partial charge < -0.3 is 0 Å². The van der Waals surface area contributed by atoms with Gasteiger partial charge in [0.05, 0.1) is 0 Å². The van der Waals surface area contributed by atoms with Crippen molar-refractivity contribution in [2.75, 3.05) is 0 Å². The maximum Gasteiger partial charge on any atom is 0.477 e. The Balaban J connectivity index is 3.18. The van der Waals surface area contributed by atoms with Crippen LogP contribution in [-0.4, -0.2) is 9.85 Å². The van der Waals surface area contributed by atoms with Gasteiger partial charge in [-0.2, -0.15) is 0 Å². The number of hydrogen-bond acceptors (Lipinski definition) is 4. The van der Waals surface area contributed by atoms with Crippen LogP contribution in [0.25, 0.3) is 0 Å². The lowest BCUT2D eigenvalue weighted by molar-refractivity contribution is -0.752. The summed E-state index contributed by atoms with van der Waals surface area (Å²) in [5.74, 6) is 0. The number of benzene rings is 1. The smallest absolute Gasteiger partial charge is 0.258 e. The van der Waals surface area contributed by atoms with E-state index < -0.39 is 16.0 Å². The van der Waals surface area contributed by atoms with E-state index in [2.05, 4.69) is 15.9 Å². The lowest BCUT2D eigenvalue weighted by Gasteiger charge is -2.03. The molecule has 0 aromatic heterocycles. The van der Waals surface area contributed by atoms with Crippen LogP contribution < -0.4 is 0 Å². The molecule has 74 valence electrons. The topological polar surface area (TPSA) is 86.3 Å². The predicted molar refractivity (Wildman–Crippen MR) is 50.9 cm³/mol. The SMILES string of the molecule is O=[N+]([O-])C(c1ccccc1Br)[N+](=O)[O-]. The van der Waals surface area contributed by atoms with Crippen molar-refractivity contribution in [1.29, 1.82) is 0 Å². The van der Waals surface area contributed by atoms with E-state index in [4.69, 9.17) is 0 Å². The summed E-state index contributed by atoms with van der Waals surface area (Å²) < 4.78 is 0.360. The Hall–Kier alpha value is -1.50. The van der Waals surface area contributed by atoms with Crippen LogP contribution in [0.1, 0.15) is 11.7 Å². The van der Waals surface area contributed by atoms with Crippen molar-refractivity contribution in [1.82, 2.24) is 0 Å². The Bertz CT molecular complexity index is 368. The van der Waals surface area contributed by atoms with Crippen LogP contribution >= 0.6 is 15.9 Å². The molecule has 0 spiro atoms. The Morgan fingerprint density at radius 1 is 1.14 bits per heavy atom. The summed E-state index contributed by atoms with van der Waals surface area (Å²) in [4.78, 5) is 19.0. The molecule has 0 aliphatic rings. The molecule has 1 rings (SSSR count). The molecule has 0 saturated carbocycles. The van der Waals surface area contributed by atoms with Crippen LogP contribution in [0.3, 0.4) is 0 Å². The highest BCUT2D eigenvalue weighted by Gasteiger charge is 2.36. The molecule has 1 aromatic rings. The second kappa shape index (κ2) is 4.14. The molecule has 0 atom stereocenters. The molecule has 0 amide bonds. The molecular formula is C7H5BrN2O4. The van der Waals surface area contributed by atoms with Crippen molar-refractivity contribution >= 4 is 15.9 Å². The number of hydrogen-bond donors (Lipinski definition) is 0. The highest BCUT2D eigenvalue weighted by Crippen LogP contribution is 2.25. The fourth-order valence-corrected chi connectivity index (χ4v) is 1.48. The van der Waals surface area contributed by atoms with E-state index in [1.807, 2.05) is 0 Å². The quantitative estimate of drug-likeness (QED) is 0.473. The first-order valence-corrected chi connectivity index (χ1v) is 4.34. The van der Waals surface area contributed by atoms with Crippen molar-refractivity contribution in [3.63, 3.8) is 0 Å². The van der Waals surface area contributed by atoms with E-state index in [-0.39, 0.29) is 5.56 Å². The van der Waals surface area contributed by atoms with Crippen molar-refractivity contribution in [2.24, 2.45) is 0 Å². The maximum absolute atomic E-state index is 10.4. The molecule has 0 N–H and O–H groups in total. The van der Waals surface area contributed by atoms with Crippen LogP contribution in [0, 0.1) is 20.2 Å². The highest BCUT2D eigenvalue weighted by atomic mass is 79.9. The summed E-state index contributed by atoms with van der Waals surface area (Å²) >= 11 is 3.02. The van der Waals surface area contributed by atoms with Crippen molar-refractivity contribution in [2.45, 2.75) is 6.17 Å². The van der Waals surface area contributed by atoms with Crippen LogP contribution in [0.2, 0.25) is 0 Å². The third-order valence-corrected chi connectivity index (χ3v) is 2.30. The molecule has 6 nitrogen and oxygen atoms in total. The van der Waals surface area contributed by atoms with E-state index in [0.29, 0.717) is 4.47 Å². The molecule has 0 unspecified atom stereocenters. The number of halogens is 1. The van der Waals surface area contributed by atoms with Gasteiger partial charge in [-0.05, 0) is 28.1 Å². The zero-order valence-corrected chi connectivity index (χ0v) is 8.38. The first-order chi connectivity index (χ1) is 6.54. The molecular weight excluding hydrogens is 256 g/mol. The summed E-state index contributed by atoms with van der Waals surface area (Å²) in [6.45, 7) is 0. The number of nitrogens with zero attached hydrogens (tertiary/aromatic N) is 2. The predicted octanol–water partition coefficient (Wildman–Crippen LogP) is 2.00. The molecule has 14 heavy (non-hydrogen) atoms. The Morgan fingerprint density at radius 2 is 1.64 bits per heavy atom. The van der Waals surface area contributed by atoms with Gasteiger partial charge in [0.1, 0.15) is 15.4 Å². The molecule has 0 radical (unpaired) electrons. The summed E-state index contributed by atoms with van der Waals surface area (Å²) in [5.41, 5.74) is 0.0440. The molecule has 0 heterocycles. The van der Waals surface area contributed by atoms with Gasteiger partial charge >= 0.3 is 6.17 Å². The summed E-state index contributed by atoms with van der Waals surface area (Å²) in [5, 5.41) is 20.9. The second-order valence-electron chi connectivity index (χ2n) is 2.47. The van der Waals surface area contributed by atoms with E-state index >= 15 is 0 Å². The molecule has 0 saturated heterocycles. The van der Waals surface area contributed by atoms with Crippen LogP contribution in [0.5, 0.6) is 0 Å². The fraction of sp³-hybridized carbons (Fsp3) is 0.143. The summed E-state index contributed by atoms with van der Waals surface area (Å²) in [6, 6.07) is 6.01. The molecule has 0 aliphatic heterocycles. The van der Waals surface area contributed by atoms with Gasteiger partial charge in [0.15, 0.2) is 0 Å². The Labute approximate surface area is 87.0 Å². The Morgan fingerprint density at radius 3 is 2.07 bits per heavy atom. The molecule has 0 fully saturated rings. The molecule has 0 aliphatic carbocycles. The second-order valence-corrected chi connectivity index (χ2v) is 3.32. The van der Waals surface area contributed by atoms with Crippen molar-refractivity contribution in [3.05, 3.63) is 54.5 Å². The largest absolute Gasteiger partial charge is 0.477 e. The summed E-state index contributed by atoms with van der Waals surface area (Å²) in [7, 11) is 0. The third-order valence-electron chi connectivity index (χ3n) is 1.58. The molecule has 0 bridgehead atoms. The van der Waals surface area contributed by atoms with Gasteiger partial charge in [0.25, 0.3) is 0 Å². The minimum atomic E-state index is -1.91. The first-order valence-electron chi connectivity index (χ1n) is 3.55. The van der Waals surface area contributed by atoms with Crippen LogP contribution in [-0.2, 0) is 0 Å². The number of nitro groups is 2. The van der Waals surface area contributed by atoms with Gasteiger partial charge in [-0.1, -0.05) is 12.1 Å². The average Bonchev–Trinajstić information content (AvgIpc) is 2.07. The van der Waals surface area contributed by atoms with Crippen LogP contribution in [0.4, 0.5) is 0 Å². The Kier molecular flexibility index (Phi) is 3.13. The van der Waals surface area contributed by atoms with Gasteiger partial charge in [0.2, 0.25) is 0 Å². The molecule has 1 aromatic carbocycles. The standard InChI is InChI=1S/C7H5BrN2O4/c8-6-4-2-1-3-5(6)7(9(11)12)10(13)14/h1-4,7H. The van der Waals surface area contributed by atoms with Crippen molar-refractivity contribution < 1.29 is 9.85 Å². The third kappa shape index (κ3) is 2.05. The van der Waals surface area contributed by atoms with E-state index in [1.54, 1.807) is 6.07 Å². The van der Waals surface area contributed by atoms with E-state index in [0.717, 1.165) is 0 Å². The average molecular weight is 261 g/mol. The fourth-order valence-electron chi connectivity index (χ4n) is 0.989. The zero-order chi connectivity index (χ0) is 10.7. The van der Waals surface area contributed by atoms with E-state index in [1.165, 1.54) is 18.2 Å². The molecule has 7 heteroatoms. The monoisotopic (exact) mass is 260 g/mol. The van der Waals surface area contributed by atoms with E-state index in [9.17, 15) is 20.2 Å². The van der Waals surface area contributed by atoms with Crippen molar-refractivity contribution in [3.8, 4) is 0 Å². The lowest BCUT2D eigenvalue weighted by atomic mass is 10.2. The highest BCUT2D eigenvalue weighted by molar-refractivity contribution is 9.10. The zero-order valence-electron chi connectivity index (χ0n) is 6.79. The maximum atomic E-state index is 10.4. The minimum Gasteiger partial charge on any atom is -0.258 e. The first kappa shape index (κ1) is 10.6. The van der Waals surface area contributed by atoms with Gasteiger partial charge in [-0.3, -0.25) is 20.2 Å². The summed E-state index contributed by atoms with van der Waals surface area (Å²) in [6.07, 6.45) is -1.91. The van der Waals surface area contributed by atoms with Gasteiger partial charge in [0, 0.05) is 4.47 Å². The normalized spacial score (nSPS) is 10.1. The van der Waals surface area contributed by atoms with Crippen LogP contribution in [0.15, 0.2) is 28.7 Å². The minimum absolute atomic E-state index is 0.0440. The van der Waals surface area contributed by atoms with Gasteiger partial charge in [-0.15, -0.1) is 0 Å². The van der Waals surface area contributed by atoms with Gasteiger partial charge in [-0.25, -0.2) is 0 Å².